The molecule has 0 saturated heterocycles. The van der Waals surface area contributed by atoms with Crippen LogP contribution >= 0.6 is 11.6 Å². The number of halogens is 1. The Morgan fingerprint density at radius 3 is 2.63 bits per heavy atom. The van der Waals surface area contributed by atoms with Crippen LogP contribution < -0.4 is 5.32 Å². The van der Waals surface area contributed by atoms with Crippen molar-refractivity contribution in [2.45, 2.75) is 23.5 Å². The third kappa shape index (κ3) is 5.38. The van der Waals surface area contributed by atoms with Crippen LogP contribution in [0.15, 0.2) is 64.0 Å². The number of aryl methyl sites for hydroxylation is 1. The van der Waals surface area contributed by atoms with Crippen LogP contribution in [-0.4, -0.2) is 24.5 Å². The summed E-state index contributed by atoms with van der Waals surface area (Å²) in [7, 11) is -3.55. The molecule has 1 aromatic heterocycles. The van der Waals surface area contributed by atoms with Gasteiger partial charge in [0.15, 0.2) is 15.7 Å². The molecule has 0 bridgehead atoms. The van der Waals surface area contributed by atoms with E-state index in [2.05, 4.69) is 15.5 Å². The van der Waals surface area contributed by atoms with E-state index in [0.29, 0.717) is 10.7 Å². The van der Waals surface area contributed by atoms with Gasteiger partial charge in [-0.2, -0.15) is 4.98 Å². The van der Waals surface area contributed by atoms with Crippen LogP contribution in [0.1, 0.15) is 18.1 Å². The van der Waals surface area contributed by atoms with Crippen molar-refractivity contribution in [2.75, 3.05) is 5.32 Å². The summed E-state index contributed by atoms with van der Waals surface area (Å²) >= 11 is 5.87. The van der Waals surface area contributed by atoms with Crippen LogP contribution in [0, 0.1) is 0 Å². The molecule has 0 saturated carbocycles. The molecule has 3 rings (SSSR count). The predicted molar refractivity (Wildman–Crippen MR) is 100 cm³/mol. The maximum Gasteiger partial charge on any atom is 0.227 e. The molecule has 0 spiro atoms. The van der Waals surface area contributed by atoms with Gasteiger partial charge in [0, 0.05) is 23.6 Å². The Kier molecular flexibility index (Phi) is 5.88. The number of amides is 1. The van der Waals surface area contributed by atoms with Crippen LogP contribution in [0.5, 0.6) is 0 Å². The molecular formula is C18H16ClN3O4S. The second-order valence-corrected chi connectivity index (χ2v) is 8.16. The Hall–Kier alpha value is -2.71. The number of carbonyl (C=O) groups excluding carboxylic acids is 1. The molecule has 0 aliphatic rings. The Labute approximate surface area is 161 Å². The molecule has 0 aliphatic carbocycles. The number of nitrogens with one attached hydrogen (secondary N) is 1. The largest absolute Gasteiger partial charge is 0.339 e. The normalized spacial score (nSPS) is 11.3. The SMILES string of the molecule is O=C(CCc1nc(CS(=O)(=O)c2ccccc2)no1)Nc1cccc(Cl)c1. The first-order valence-electron chi connectivity index (χ1n) is 8.07. The lowest BCUT2D eigenvalue weighted by atomic mass is 10.2. The first kappa shape index (κ1) is 19.1. The van der Waals surface area contributed by atoms with E-state index in [1.165, 1.54) is 12.1 Å². The number of sulfone groups is 1. The van der Waals surface area contributed by atoms with Gasteiger partial charge in [-0.25, -0.2) is 8.42 Å². The minimum Gasteiger partial charge on any atom is -0.339 e. The number of hydrogen-bond acceptors (Lipinski definition) is 6. The Balaban J connectivity index is 1.56. The number of rotatable bonds is 7. The monoisotopic (exact) mass is 405 g/mol. The third-order valence-corrected chi connectivity index (χ3v) is 5.47. The van der Waals surface area contributed by atoms with Crippen LogP contribution in [0.2, 0.25) is 5.02 Å². The Bertz CT molecular complexity index is 1040. The minimum atomic E-state index is -3.55. The van der Waals surface area contributed by atoms with Gasteiger partial charge in [-0.15, -0.1) is 0 Å². The van der Waals surface area contributed by atoms with E-state index >= 15 is 0 Å². The van der Waals surface area contributed by atoms with E-state index in [1.807, 2.05) is 0 Å². The van der Waals surface area contributed by atoms with Crippen molar-refractivity contribution in [1.82, 2.24) is 10.1 Å². The van der Waals surface area contributed by atoms with Crippen molar-refractivity contribution in [3.05, 3.63) is 71.3 Å². The lowest BCUT2D eigenvalue weighted by Crippen LogP contribution is -2.12. The van der Waals surface area contributed by atoms with Crippen molar-refractivity contribution in [1.29, 1.82) is 0 Å². The average Bonchev–Trinajstić information content (AvgIpc) is 3.07. The molecular weight excluding hydrogens is 390 g/mol. The fourth-order valence-corrected chi connectivity index (χ4v) is 3.73. The van der Waals surface area contributed by atoms with Crippen molar-refractivity contribution in [3.8, 4) is 0 Å². The minimum absolute atomic E-state index is 0.0594. The third-order valence-electron chi connectivity index (χ3n) is 3.61. The standard InChI is InChI=1S/C18H16ClN3O4S/c19-13-5-4-6-14(11-13)20-17(23)9-10-18-21-16(22-26-18)12-27(24,25)15-7-2-1-3-8-15/h1-8,11H,9-10,12H2,(H,20,23). The molecule has 9 heteroatoms. The highest BCUT2D eigenvalue weighted by atomic mass is 35.5. The van der Waals surface area contributed by atoms with Crippen molar-refractivity contribution in [2.24, 2.45) is 0 Å². The molecule has 0 atom stereocenters. The van der Waals surface area contributed by atoms with Gasteiger partial charge in [0.05, 0.1) is 4.90 Å². The second kappa shape index (κ2) is 8.32. The van der Waals surface area contributed by atoms with Gasteiger partial charge in [0.1, 0.15) is 5.75 Å². The first-order chi connectivity index (χ1) is 12.9. The Morgan fingerprint density at radius 2 is 1.89 bits per heavy atom. The highest BCUT2D eigenvalue weighted by molar-refractivity contribution is 7.90. The summed E-state index contributed by atoms with van der Waals surface area (Å²) in [6, 6.07) is 14.9. The highest BCUT2D eigenvalue weighted by Gasteiger charge is 2.19. The van der Waals surface area contributed by atoms with E-state index < -0.39 is 9.84 Å². The van der Waals surface area contributed by atoms with E-state index in [0.717, 1.165) is 0 Å². The summed E-state index contributed by atoms with van der Waals surface area (Å²) in [5.41, 5.74) is 0.590. The van der Waals surface area contributed by atoms with Crippen LogP contribution in [0.4, 0.5) is 5.69 Å². The van der Waals surface area contributed by atoms with Gasteiger partial charge >= 0.3 is 0 Å². The quantitative estimate of drug-likeness (QED) is 0.647. The number of aromatic nitrogens is 2. The molecule has 27 heavy (non-hydrogen) atoms. The zero-order valence-electron chi connectivity index (χ0n) is 14.1. The van der Waals surface area contributed by atoms with E-state index in [4.69, 9.17) is 16.1 Å². The van der Waals surface area contributed by atoms with Gasteiger partial charge in [-0.05, 0) is 30.3 Å². The predicted octanol–water partition coefficient (Wildman–Crippen LogP) is 3.27. The molecule has 3 aromatic rings. The van der Waals surface area contributed by atoms with Gasteiger partial charge in [0.25, 0.3) is 0 Å². The van der Waals surface area contributed by atoms with Crippen LogP contribution in [-0.2, 0) is 26.8 Å². The molecule has 1 heterocycles. The number of anilines is 1. The summed E-state index contributed by atoms with van der Waals surface area (Å²) < 4.78 is 29.7. The van der Waals surface area contributed by atoms with Gasteiger partial charge in [0.2, 0.25) is 11.8 Å². The van der Waals surface area contributed by atoms with Gasteiger partial charge in [-0.1, -0.05) is 41.0 Å². The second-order valence-electron chi connectivity index (χ2n) is 5.74. The maximum absolute atomic E-state index is 12.3. The lowest BCUT2D eigenvalue weighted by Gasteiger charge is -2.04. The fraction of sp³-hybridized carbons (Fsp3) is 0.167. The molecule has 2 aromatic carbocycles. The van der Waals surface area contributed by atoms with Crippen molar-refractivity contribution >= 4 is 33.0 Å². The molecule has 0 aliphatic heterocycles. The number of carbonyl (C=O) groups is 1. The van der Waals surface area contributed by atoms with Gasteiger partial charge < -0.3 is 9.84 Å². The zero-order chi connectivity index (χ0) is 19.3. The summed E-state index contributed by atoms with van der Waals surface area (Å²) in [5.74, 6) is -0.345. The summed E-state index contributed by atoms with van der Waals surface area (Å²) in [4.78, 5) is 16.2. The molecule has 1 N–H and O–H groups in total. The van der Waals surface area contributed by atoms with E-state index in [9.17, 15) is 13.2 Å². The van der Waals surface area contributed by atoms with Crippen LogP contribution in [0.25, 0.3) is 0 Å². The van der Waals surface area contributed by atoms with Crippen molar-refractivity contribution < 1.29 is 17.7 Å². The smallest absolute Gasteiger partial charge is 0.227 e. The maximum atomic E-state index is 12.3. The number of hydrogen-bond donors (Lipinski definition) is 1. The zero-order valence-corrected chi connectivity index (χ0v) is 15.7. The summed E-state index contributed by atoms with van der Waals surface area (Å²) in [5, 5.41) is 6.92. The Morgan fingerprint density at radius 1 is 1.11 bits per heavy atom. The first-order valence-corrected chi connectivity index (χ1v) is 10.1. The summed E-state index contributed by atoms with van der Waals surface area (Å²) in [6.07, 6.45) is 0.310. The van der Waals surface area contributed by atoms with E-state index in [-0.39, 0.29) is 41.1 Å². The van der Waals surface area contributed by atoms with E-state index in [1.54, 1.807) is 42.5 Å². The summed E-state index contributed by atoms with van der Waals surface area (Å²) in [6.45, 7) is 0. The highest BCUT2D eigenvalue weighted by Crippen LogP contribution is 2.16. The van der Waals surface area contributed by atoms with Crippen LogP contribution in [0.3, 0.4) is 0 Å². The number of nitrogens with zero attached hydrogens (tertiary/aromatic N) is 2. The van der Waals surface area contributed by atoms with Crippen molar-refractivity contribution in [3.63, 3.8) is 0 Å². The molecule has 7 nitrogen and oxygen atoms in total. The number of benzene rings is 2. The fourth-order valence-electron chi connectivity index (χ4n) is 2.34. The molecule has 0 unspecified atom stereocenters. The topological polar surface area (TPSA) is 102 Å². The van der Waals surface area contributed by atoms with Gasteiger partial charge in [-0.3, -0.25) is 4.79 Å². The molecule has 140 valence electrons. The molecule has 1 amide bonds. The lowest BCUT2D eigenvalue weighted by molar-refractivity contribution is -0.116. The molecule has 0 radical (unpaired) electrons. The average molecular weight is 406 g/mol. The molecule has 0 fully saturated rings.